The van der Waals surface area contributed by atoms with Crippen molar-refractivity contribution in [1.82, 2.24) is 0 Å². The molecule has 0 bridgehead atoms. The van der Waals surface area contributed by atoms with Crippen molar-refractivity contribution in [2.24, 2.45) is 0 Å². The van der Waals surface area contributed by atoms with Crippen molar-refractivity contribution in [2.75, 3.05) is 0 Å². The number of hydrogen-bond donors (Lipinski definition) is 0. The van der Waals surface area contributed by atoms with Gasteiger partial charge in [-0.25, -0.2) is 39.5 Å². The van der Waals surface area contributed by atoms with Gasteiger partial charge in [0.15, 0.2) is 52.4 Å². The van der Waals surface area contributed by atoms with Gasteiger partial charge in [0.1, 0.15) is 0 Å². The first-order valence-corrected chi connectivity index (χ1v) is 9.92. The zero-order chi connectivity index (χ0) is 25.2. The predicted octanol–water partition coefficient (Wildman–Crippen LogP) is 8.58. The molecule has 0 fully saturated rings. The number of rotatable bonds is 2. The van der Waals surface area contributed by atoms with Crippen molar-refractivity contribution in [3.05, 3.63) is 107 Å². The fourth-order valence-corrected chi connectivity index (χ4v) is 4.24. The topological polar surface area (TPSA) is 0 Å². The highest BCUT2D eigenvalue weighted by Crippen LogP contribution is 2.47. The first-order valence-electron chi connectivity index (χ1n) is 9.92. The van der Waals surface area contributed by atoms with E-state index in [1.54, 1.807) is 0 Å². The van der Waals surface area contributed by atoms with Crippen LogP contribution < -0.4 is 0 Å². The van der Waals surface area contributed by atoms with Crippen molar-refractivity contribution in [3.8, 4) is 22.3 Å². The van der Waals surface area contributed by atoms with Crippen LogP contribution in [0.4, 0.5) is 39.5 Å². The van der Waals surface area contributed by atoms with Gasteiger partial charge in [0, 0.05) is 21.9 Å². The lowest BCUT2D eigenvalue weighted by molar-refractivity contribution is 0.418. The molecule has 5 rings (SSSR count). The van der Waals surface area contributed by atoms with E-state index in [1.165, 1.54) is 24.3 Å². The highest BCUT2D eigenvalue weighted by molar-refractivity contribution is 6.21. The molecule has 176 valence electrons. The summed E-state index contributed by atoms with van der Waals surface area (Å²) in [5.41, 5.74) is -1.49. The van der Waals surface area contributed by atoms with E-state index in [1.807, 2.05) is 0 Å². The van der Waals surface area contributed by atoms with E-state index < -0.39 is 74.3 Å². The lowest BCUT2D eigenvalue weighted by Crippen LogP contribution is -2.03. The molecule has 0 unspecified atom stereocenters. The van der Waals surface area contributed by atoms with Crippen LogP contribution in [0.2, 0.25) is 0 Å². The lowest BCUT2D eigenvalue weighted by atomic mass is 9.85. The highest BCUT2D eigenvalue weighted by Gasteiger charge is 2.29. The number of halogens is 9. The summed E-state index contributed by atoms with van der Waals surface area (Å²) in [5, 5.41) is -1.83. The molecule has 5 aromatic rings. The molecular formula is C26H9F9. The van der Waals surface area contributed by atoms with Crippen LogP contribution in [0.25, 0.3) is 43.8 Å². The van der Waals surface area contributed by atoms with E-state index in [2.05, 4.69) is 0 Å². The Kier molecular flexibility index (Phi) is 5.23. The summed E-state index contributed by atoms with van der Waals surface area (Å²) in [5.74, 6) is -15.9. The fraction of sp³-hybridized carbons (Fsp3) is 0. The minimum atomic E-state index is -2.20. The van der Waals surface area contributed by atoms with E-state index in [4.69, 9.17) is 0 Å². The fourth-order valence-electron chi connectivity index (χ4n) is 4.24. The first kappa shape index (κ1) is 22.8. The molecule has 0 amide bonds. The SMILES string of the molecule is Fc1ccc(-c2c3ccccc3c(-c3cc(F)c(F)c(F)c3)c3c(F)c(F)c(F)c(F)c23)cc1F. The summed E-state index contributed by atoms with van der Waals surface area (Å²) in [7, 11) is 0. The number of hydrogen-bond acceptors (Lipinski definition) is 0. The van der Waals surface area contributed by atoms with Crippen LogP contribution in [0.5, 0.6) is 0 Å². The first-order chi connectivity index (χ1) is 16.6. The van der Waals surface area contributed by atoms with Gasteiger partial charge in [-0.15, -0.1) is 0 Å². The Labute approximate surface area is 190 Å². The maximum atomic E-state index is 15.3. The molecule has 0 saturated carbocycles. The summed E-state index contributed by atoms with van der Waals surface area (Å²) >= 11 is 0. The third-order valence-corrected chi connectivity index (χ3v) is 5.71. The monoisotopic (exact) mass is 492 g/mol. The second kappa shape index (κ2) is 8.04. The molecule has 0 aromatic heterocycles. The second-order valence-electron chi connectivity index (χ2n) is 7.68. The molecule has 35 heavy (non-hydrogen) atoms. The van der Waals surface area contributed by atoms with Crippen LogP contribution in [-0.4, -0.2) is 0 Å². The van der Waals surface area contributed by atoms with Gasteiger partial charge >= 0.3 is 0 Å². The Hall–Kier alpha value is -4.01. The van der Waals surface area contributed by atoms with Gasteiger partial charge in [-0.2, -0.15) is 0 Å². The van der Waals surface area contributed by atoms with Crippen molar-refractivity contribution >= 4 is 21.5 Å². The predicted molar refractivity (Wildman–Crippen MR) is 112 cm³/mol. The molecule has 5 aromatic carbocycles. The van der Waals surface area contributed by atoms with Crippen molar-refractivity contribution < 1.29 is 39.5 Å². The van der Waals surface area contributed by atoms with E-state index in [-0.39, 0.29) is 21.9 Å². The normalized spacial score (nSPS) is 11.6. The highest BCUT2D eigenvalue weighted by atomic mass is 19.2. The Morgan fingerprint density at radius 2 is 0.829 bits per heavy atom. The van der Waals surface area contributed by atoms with Gasteiger partial charge in [-0.3, -0.25) is 0 Å². The van der Waals surface area contributed by atoms with Crippen LogP contribution in [0.1, 0.15) is 0 Å². The Morgan fingerprint density at radius 3 is 1.31 bits per heavy atom. The third kappa shape index (κ3) is 3.33. The summed E-state index contributed by atoms with van der Waals surface area (Å²) in [6.07, 6.45) is 0. The van der Waals surface area contributed by atoms with Crippen LogP contribution in [0.3, 0.4) is 0 Å². The van der Waals surface area contributed by atoms with E-state index in [0.717, 1.165) is 6.07 Å². The van der Waals surface area contributed by atoms with E-state index in [0.29, 0.717) is 24.3 Å². The molecule has 0 nitrogen and oxygen atoms in total. The molecule has 0 aliphatic carbocycles. The third-order valence-electron chi connectivity index (χ3n) is 5.71. The lowest BCUT2D eigenvalue weighted by Gasteiger charge is -2.19. The van der Waals surface area contributed by atoms with Crippen LogP contribution in [0.15, 0.2) is 54.6 Å². The summed E-state index contributed by atoms with van der Waals surface area (Å²) < 4.78 is 129. The molecular weight excluding hydrogens is 483 g/mol. The molecule has 9 heteroatoms. The van der Waals surface area contributed by atoms with Crippen LogP contribution in [-0.2, 0) is 0 Å². The quantitative estimate of drug-likeness (QED) is 0.100. The van der Waals surface area contributed by atoms with Crippen LogP contribution >= 0.6 is 0 Å². The summed E-state index contributed by atoms with van der Waals surface area (Å²) in [6, 6.07) is 8.87. The molecule has 0 aliphatic heterocycles. The standard InChI is InChI=1S/C26H9F9/c27-14-6-5-10(7-15(14)28)18-12-3-1-2-4-13(12)19(11-8-16(29)22(31)17(30)9-11)21-20(18)23(32)25(34)26(35)24(21)33/h1-9H. The smallest absolute Gasteiger partial charge is 0.198 e. The minimum Gasteiger partial charge on any atom is -0.204 e. The second-order valence-corrected chi connectivity index (χ2v) is 7.68. The molecule has 0 heterocycles. The Morgan fingerprint density at radius 1 is 0.371 bits per heavy atom. The van der Waals surface area contributed by atoms with Crippen molar-refractivity contribution in [3.63, 3.8) is 0 Å². The van der Waals surface area contributed by atoms with Gasteiger partial charge in [-0.1, -0.05) is 30.3 Å². The molecule has 0 N–H and O–H groups in total. The maximum absolute atomic E-state index is 15.3. The Bertz CT molecular complexity index is 1670. The summed E-state index contributed by atoms with van der Waals surface area (Å²) in [4.78, 5) is 0. The van der Waals surface area contributed by atoms with E-state index in [9.17, 15) is 30.7 Å². The van der Waals surface area contributed by atoms with Gasteiger partial charge in [0.2, 0.25) is 0 Å². The number of benzene rings is 5. The minimum absolute atomic E-state index is 0.00968. The van der Waals surface area contributed by atoms with Gasteiger partial charge in [0.25, 0.3) is 0 Å². The molecule has 0 atom stereocenters. The molecule has 0 aliphatic rings. The largest absolute Gasteiger partial charge is 0.204 e. The van der Waals surface area contributed by atoms with Gasteiger partial charge in [0.05, 0.1) is 0 Å². The average Bonchev–Trinajstić information content (AvgIpc) is 2.84. The average molecular weight is 492 g/mol. The van der Waals surface area contributed by atoms with E-state index >= 15 is 8.78 Å². The van der Waals surface area contributed by atoms with Gasteiger partial charge < -0.3 is 0 Å². The summed E-state index contributed by atoms with van der Waals surface area (Å²) in [6.45, 7) is 0. The van der Waals surface area contributed by atoms with Gasteiger partial charge in [-0.05, 0) is 46.2 Å². The van der Waals surface area contributed by atoms with Crippen molar-refractivity contribution in [1.29, 1.82) is 0 Å². The zero-order valence-electron chi connectivity index (χ0n) is 17.1. The molecule has 0 spiro atoms. The zero-order valence-corrected chi connectivity index (χ0v) is 17.1. The Balaban J connectivity index is 2.11. The maximum Gasteiger partial charge on any atom is 0.198 e. The molecule has 0 radical (unpaired) electrons. The molecule has 0 saturated heterocycles. The number of fused-ring (bicyclic) bond motifs is 2. The van der Waals surface area contributed by atoms with Crippen molar-refractivity contribution in [2.45, 2.75) is 0 Å². The van der Waals surface area contributed by atoms with Crippen LogP contribution in [0, 0.1) is 52.4 Å².